The number of aliphatic hydroxyl groups excluding tert-OH is 2. The Balaban J connectivity index is 3.72. The first kappa shape index (κ1) is 8.59. The minimum atomic E-state index is -1.20. The number of carbonyl (C=O) groups excluding carboxylic acids is 1. The zero-order valence-electron chi connectivity index (χ0n) is 5.66. The summed E-state index contributed by atoms with van der Waals surface area (Å²) in [6.07, 6.45) is -1.88. The van der Waals surface area contributed by atoms with Crippen LogP contribution in [-0.4, -0.2) is 28.2 Å². The number of ketones is 1. The van der Waals surface area contributed by atoms with Crippen LogP contribution >= 0.6 is 0 Å². The van der Waals surface area contributed by atoms with Crippen LogP contribution in [0.3, 0.4) is 0 Å². The van der Waals surface area contributed by atoms with E-state index in [0.717, 1.165) is 0 Å². The quantitative estimate of drug-likeness (QED) is 0.554. The molecule has 9 heavy (non-hydrogen) atoms. The van der Waals surface area contributed by atoms with E-state index in [1.54, 1.807) is 6.92 Å². The molecule has 0 aromatic rings. The highest BCUT2D eigenvalue weighted by molar-refractivity contribution is 5.82. The highest BCUT2D eigenvalue weighted by atomic mass is 16.3. The van der Waals surface area contributed by atoms with Crippen molar-refractivity contribution in [3.05, 3.63) is 0 Å². The van der Waals surface area contributed by atoms with Crippen LogP contribution in [0.4, 0.5) is 0 Å². The summed E-state index contributed by atoms with van der Waals surface area (Å²) in [5.41, 5.74) is 0. The van der Waals surface area contributed by atoms with Gasteiger partial charge in [-0.3, -0.25) is 4.79 Å². The van der Waals surface area contributed by atoms with E-state index >= 15 is 0 Å². The monoisotopic (exact) mass is 132 g/mol. The van der Waals surface area contributed by atoms with E-state index in [9.17, 15) is 4.79 Å². The Morgan fingerprint density at radius 2 is 2.00 bits per heavy atom. The van der Waals surface area contributed by atoms with Crippen LogP contribution in [0.15, 0.2) is 0 Å². The number of aliphatic hydroxyl groups is 2. The van der Waals surface area contributed by atoms with Crippen molar-refractivity contribution in [2.75, 3.05) is 0 Å². The van der Waals surface area contributed by atoms with Crippen LogP contribution in [0.2, 0.25) is 0 Å². The molecule has 0 aliphatic carbocycles. The highest BCUT2D eigenvalue weighted by Gasteiger charge is 2.17. The fourth-order valence-electron chi connectivity index (χ4n) is 0.478. The Labute approximate surface area is 54.3 Å². The van der Waals surface area contributed by atoms with Gasteiger partial charge < -0.3 is 10.2 Å². The summed E-state index contributed by atoms with van der Waals surface area (Å²) >= 11 is 0. The molecule has 0 amide bonds. The summed E-state index contributed by atoms with van der Waals surface area (Å²) < 4.78 is 0. The van der Waals surface area contributed by atoms with Gasteiger partial charge in [0, 0.05) is 6.42 Å². The minimum Gasteiger partial charge on any atom is -0.390 e. The minimum absolute atomic E-state index is 0.270. The Morgan fingerprint density at radius 3 is 2.11 bits per heavy atom. The Morgan fingerprint density at radius 1 is 1.56 bits per heavy atom. The summed E-state index contributed by atoms with van der Waals surface area (Å²) in [4.78, 5) is 10.5. The molecule has 0 aromatic heterocycles. The first-order valence-corrected chi connectivity index (χ1v) is 2.98. The molecule has 0 aromatic carbocycles. The lowest BCUT2D eigenvalue weighted by molar-refractivity contribution is -0.131. The maximum absolute atomic E-state index is 10.5. The Bertz CT molecular complexity index is 98.5. The predicted octanol–water partition coefficient (Wildman–Crippen LogP) is -0.293. The topological polar surface area (TPSA) is 57.5 Å². The van der Waals surface area contributed by atoms with E-state index in [0.29, 0.717) is 0 Å². The molecule has 0 aliphatic rings. The fraction of sp³-hybridized carbons (Fsp3) is 0.833. The molecule has 3 heteroatoms. The van der Waals surface area contributed by atoms with Crippen molar-refractivity contribution in [2.45, 2.75) is 32.5 Å². The van der Waals surface area contributed by atoms with E-state index in [2.05, 4.69) is 0 Å². The Kier molecular flexibility index (Phi) is 3.42. The van der Waals surface area contributed by atoms with Crippen LogP contribution in [0.1, 0.15) is 20.3 Å². The number of Topliss-reactive ketones (excluding diaryl/α,β-unsaturated/α-hetero) is 1. The van der Waals surface area contributed by atoms with Crippen molar-refractivity contribution < 1.29 is 15.0 Å². The van der Waals surface area contributed by atoms with Gasteiger partial charge in [0.25, 0.3) is 0 Å². The van der Waals surface area contributed by atoms with Gasteiger partial charge in [0.1, 0.15) is 6.10 Å². The van der Waals surface area contributed by atoms with E-state index in [4.69, 9.17) is 10.2 Å². The second kappa shape index (κ2) is 3.58. The molecule has 0 bridgehead atoms. The van der Waals surface area contributed by atoms with Gasteiger partial charge in [-0.2, -0.15) is 0 Å². The van der Waals surface area contributed by atoms with Crippen molar-refractivity contribution in [3.8, 4) is 0 Å². The normalized spacial score (nSPS) is 16.9. The van der Waals surface area contributed by atoms with Crippen molar-refractivity contribution in [2.24, 2.45) is 0 Å². The van der Waals surface area contributed by atoms with Gasteiger partial charge in [0.05, 0.1) is 6.10 Å². The third kappa shape index (κ3) is 2.58. The van der Waals surface area contributed by atoms with E-state index in [-0.39, 0.29) is 12.2 Å². The van der Waals surface area contributed by atoms with Gasteiger partial charge in [-0.25, -0.2) is 0 Å². The van der Waals surface area contributed by atoms with Gasteiger partial charge in [0.15, 0.2) is 5.78 Å². The molecule has 2 unspecified atom stereocenters. The maximum atomic E-state index is 10.5. The van der Waals surface area contributed by atoms with Crippen LogP contribution in [0, 0.1) is 0 Å². The third-order valence-corrected chi connectivity index (χ3v) is 1.14. The average Bonchev–Trinajstić information content (AvgIpc) is 1.84. The number of carbonyl (C=O) groups is 1. The predicted molar refractivity (Wildman–Crippen MR) is 33.0 cm³/mol. The second-order valence-electron chi connectivity index (χ2n) is 2.01. The molecule has 0 aliphatic heterocycles. The van der Waals surface area contributed by atoms with Gasteiger partial charge in [-0.05, 0) is 6.92 Å². The average molecular weight is 132 g/mol. The standard InChI is InChI=1S/C6H12O3/c1-3-5(8)6(9)4(2)7/h4,6-7,9H,3H2,1-2H3. The van der Waals surface area contributed by atoms with Crippen molar-refractivity contribution in [1.29, 1.82) is 0 Å². The summed E-state index contributed by atoms with van der Waals surface area (Å²) in [6, 6.07) is 0. The van der Waals surface area contributed by atoms with Crippen LogP contribution in [0.25, 0.3) is 0 Å². The van der Waals surface area contributed by atoms with Crippen molar-refractivity contribution in [1.82, 2.24) is 0 Å². The first-order valence-electron chi connectivity index (χ1n) is 2.98. The van der Waals surface area contributed by atoms with Gasteiger partial charge in [-0.1, -0.05) is 6.92 Å². The molecule has 0 saturated heterocycles. The van der Waals surface area contributed by atoms with Crippen molar-refractivity contribution in [3.63, 3.8) is 0 Å². The molecule has 2 N–H and O–H groups in total. The van der Waals surface area contributed by atoms with Crippen LogP contribution < -0.4 is 0 Å². The SMILES string of the molecule is CCC(=O)C(O)C(C)O. The van der Waals surface area contributed by atoms with Gasteiger partial charge in [0.2, 0.25) is 0 Å². The molecule has 0 radical (unpaired) electrons. The molecule has 0 rings (SSSR count). The number of rotatable bonds is 3. The van der Waals surface area contributed by atoms with E-state index < -0.39 is 12.2 Å². The molecule has 3 nitrogen and oxygen atoms in total. The fourth-order valence-corrected chi connectivity index (χ4v) is 0.478. The first-order chi connectivity index (χ1) is 4.09. The molecular formula is C6H12O3. The Hall–Kier alpha value is -0.410. The number of hydrogen-bond acceptors (Lipinski definition) is 3. The highest BCUT2D eigenvalue weighted by Crippen LogP contribution is 1.95. The lowest BCUT2D eigenvalue weighted by Crippen LogP contribution is -2.30. The third-order valence-electron chi connectivity index (χ3n) is 1.14. The smallest absolute Gasteiger partial charge is 0.163 e. The van der Waals surface area contributed by atoms with Crippen LogP contribution in [0.5, 0.6) is 0 Å². The van der Waals surface area contributed by atoms with Gasteiger partial charge >= 0.3 is 0 Å². The zero-order chi connectivity index (χ0) is 7.44. The lowest BCUT2D eigenvalue weighted by Gasteiger charge is -2.09. The van der Waals surface area contributed by atoms with Crippen molar-refractivity contribution >= 4 is 5.78 Å². The zero-order valence-corrected chi connectivity index (χ0v) is 5.66. The van der Waals surface area contributed by atoms with E-state index in [1.165, 1.54) is 6.92 Å². The van der Waals surface area contributed by atoms with Gasteiger partial charge in [-0.15, -0.1) is 0 Å². The molecule has 0 spiro atoms. The molecule has 54 valence electrons. The summed E-state index contributed by atoms with van der Waals surface area (Å²) in [5, 5.41) is 17.4. The second-order valence-corrected chi connectivity index (χ2v) is 2.01. The summed E-state index contributed by atoms with van der Waals surface area (Å²) in [6.45, 7) is 3.03. The largest absolute Gasteiger partial charge is 0.390 e. The molecule has 0 saturated carbocycles. The van der Waals surface area contributed by atoms with Crippen LogP contribution in [-0.2, 0) is 4.79 Å². The molecule has 2 atom stereocenters. The lowest BCUT2D eigenvalue weighted by atomic mass is 10.1. The molecule has 0 fully saturated rings. The number of hydrogen-bond donors (Lipinski definition) is 2. The summed E-state index contributed by atoms with van der Waals surface area (Å²) in [5.74, 6) is -0.315. The maximum Gasteiger partial charge on any atom is 0.163 e. The molecule has 0 heterocycles. The summed E-state index contributed by atoms with van der Waals surface area (Å²) in [7, 11) is 0. The molecular weight excluding hydrogens is 120 g/mol. The van der Waals surface area contributed by atoms with E-state index in [1.807, 2.05) is 0 Å².